The van der Waals surface area contributed by atoms with E-state index >= 15 is 0 Å². The Bertz CT molecular complexity index is 302. The highest BCUT2D eigenvalue weighted by molar-refractivity contribution is 8.00. The Labute approximate surface area is 149 Å². The number of hydrogen-bond acceptors (Lipinski definition) is 2. The van der Waals surface area contributed by atoms with E-state index in [1.807, 2.05) is 0 Å². The van der Waals surface area contributed by atoms with Crippen LogP contribution in [0.2, 0.25) is 0 Å². The zero-order valence-corrected chi connectivity index (χ0v) is 16.3. The molecule has 1 aliphatic heterocycles. The van der Waals surface area contributed by atoms with Crippen molar-refractivity contribution in [2.24, 2.45) is 0 Å². The molecular weight excluding hydrogens is 298 g/mol. The van der Waals surface area contributed by atoms with Gasteiger partial charge in [-0.2, -0.15) is 11.8 Å². The predicted octanol–water partition coefficient (Wildman–Crippen LogP) is 6.41. The molecule has 2 heteroatoms. The first-order valence-electron chi connectivity index (χ1n) is 10.7. The summed E-state index contributed by atoms with van der Waals surface area (Å²) in [5, 5.41) is 1.93. The molecule has 0 radical (unpaired) electrons. The minimum Gasteiger partial charge on any atom is -0.300 e. The maximum absolute atomic E-state index is 2.85. The molecule has 3 fully saturated rings. The van der Waals surface area contributed by atoms with Crippen molar-refractivity contribution in [2.45, 2.75) is 125 Å². The van der Waals surface area contributed by atoms with E-state index in [0.717, 1.165) is 22.6 Å². The zero-order chi connectivity index (χ0) is 15.9. The van der Waals surface area contributed by atoms with E-state index in [-0.39, 0.29) is 0 Å². The lowest BCUT2D eigenvalue weighted by Crippen LogP contribution is -2.42. The molecule has 2 saturated carbocycles. The summed E-state index contributed by atoms with van der Waals surface area (Å²) in [6.45, 7) is 0. The summed E-state index contributed by atoms with van der Waals surface area (Å²) in [6.07, 6.45) is 23.7. The second kappa shape index (κ2) is 9.70. The number of fused-ring (bicyclic) bond motifs is 6. The molecule has 0 aromatic carbocycles. The highest BCUT2D eigenvalue weighted by Crippen LogP contribution is 2.37. The summed E-state index contributed by atoms with van der Waals surface area (Å²) < 4.78 is 0. The lowest BCUT2D eigenvalue weighted by molar-refractivity contribution is 0.129. The topological polar surface area (TPSA) is 3.24 Å². The van der Waals surface area contributed by atoms with Gasteiger partial charge in [-0.25, -0.2) is 0 Å². The van der Waals surface area contributed by atoms with Crippen LogP contribution in [0.5, 0.6) is 0 Å². The summed E-state index contributed by atoms with van der Waals surface area (Å²) in [5.74, 6) is 0. The Morgan fingerprint density at radius 1 is 0.522 bits per heavy atom. The third-order valence-electron chi connectivity index (χ3n) is 6.81. The quantitative estimate of drug-likeness (QED) is 0.502. The van der Waals surface area contributed by atoms with Gasteiger partial charge in [0.15, 0.2) is 0 Å². The average Bonchev–Trinajstić information content (AvgIpc) is 2.58. The summed E-state index contributed by atoms with van der Waals surface area (Å²) >= 11 is 2.42. The molecular formula is C21H39NS. The van der Waals surface area contributed by atoms with Gasteiger partial charge in [0.05, 0.1) is 0 Å². The molecule has 1 saturated heterocycles. The Kier molecular flexibility index (Phi) is 7.64. The molecule has 4 atom stereocenters. The van der Waals surface area contributed by atoms with Crippen molar-refractivity contribution in [3.05, 3.63) is 0 Å². The van der Waals surface area contributed by atoms with Gasteiger partial charge in [0.25, 0.3) is 0 Å². The van der Waals surface area contributed by atoms with E-state index in [9.17, 15) is 0 Å². The number of thioether (sulfide) groups is 1. The van der Waals surface area contributed by atoms with Crippen molar-refractivity contribution >= 4 is 11.8 Å². The molecule has 0 aromatic heterocycles. The predicted molar refractivity (Wildman–Crippen MR) is 104 cm³/mol. The van der Waals surface area contributed by atoms with Crippen LogP contribution in [-0.2, 0) is 0 Å². The van der Waals surface area contributed by atoms with Crippen molar-refractivity contribution < 1.29 is 0 Å². The van der Waals surface area contributed by atoms with Gasteiger partial charge >= 0.3 is 0 Å². The standard InChI is InChI=1S/C21H39NS/c1-22-18-10-6-2-4-8-12-20(16-14-18)23-21-13-9-5-3-7-11-19(22)15-17-21/h18-21H,2-17H2,1H3. The second-order valence-corrected chi connectivity index (χ2v) is 10.1. The Morgan fingerprint density at radius 2 is 0.957 bits per heavy atom. The molecule has 4 unspecified atom stereocenters. The maximum Gasteiger partial charge on any atom is 0.00955 e. The molecule has 23 heavy (non-hydrogen) atoms. The van der Waals surface area contributed by atoms with Crippen LogP contribution in [0.3, 0.4) is 0 Å². The van der Waals surface area contributed by atoms with Gasteiger partial charge in [0, 0.05) is 22.6 Å². The number of rotatable bonds is 0. The van der Waals surface area contributed by atoms with Gasteiger partial charge in [0.1, 0.15) is 0 Å². The van der Waals surface area contributed by atoms with Crippen LogP contribution in [0.15, 0.2) is 0 Å². The zero-order valence-electron chi connectivity index (χ0n) is 15.5. The molecule has 2 aliphatic carbocycles. The fourth-order valence-corrected chi connectivity index (χ4v) is 6.90. The van der Waals surface area contributed by atoms with Crippen LogP contribution < -0.4 is 0 Å². The molecule has 0 N–H and O–H groups in total. The van der Waals surface area contributed by atoms with Crippen LogP contribution in [-0.4, -0.2) is 34.5 Å². The Hall–Kier alpha value is 0.310. The maximum atomic E-state index is 2.85. The first kappa shape index (κ1) is 18.1. The molecule has 3 rings (SSSR count). The first-order valence-corrected chi connectivity index (χ1v) is 11.6. The fourth-order valence-electron chi connectivity index (χ4n) is 5.20. The van der Waals surface area contributed by atoms with Crippen LogP contribution in [0.25, 0.3) is 0 Å². The van der Waals surface area contributed by atoms with E-state index in [0.29, 0.717) is 0 Å². The fraction of sp³-hybridized carbons (Fsp3) is 1.00. The van der Waals surface area contributed by atoms with E-state index in [4.69, 9.17) is 0 Å². The minimum absolute atomic E-state index is 0.876. The van der Waals surface area contributed by atoms with Gasteiger partial charge in [-0.15, -0.1) is 0 Å². The SMILES string of the molecule is CN1C2CCCCCCC(CC2)SC2CCCCCCC1CC2. The molecule has 0 aromatic rings. The van der Waals surface area contributed by atoms with Crippen LogP contribution >= 0.6 is 11.8 Å². The summed E-state index contributed by atoms with van der Waals surface area (Å²) in [7, 11) is 2.48. The van der Waals surface area contributed by atoms with Gasteiger partial charge < -0.3 is 4.90 Å². The molecule has 0 amide bonds. The first-order chi connectivity index (χ1) is 11.3. The third-order valence-corrected chi connectivity index (χ3v) is 8.52. The third kappa shape index (κ3) is 5.66. The normalized spacial score (nSPS) is 39.0. The lowest BCUT2D eigenvalue weighted by Gasteiger charge is -2.39. The number of hydrogen-bond donors (Lipinski definition) is 0. The van der Waals surface area contributed by atoms with E-state index in [1.54, 1.807) is 0 Å². The molecule has 0 spiro atoms. The van der Waals surface area contributed by atoms with Crippen molar-refractivity contribution in [3.8, 4) is 0 Å². The summed E-state index contributed by atoms with van der Waals surface area (Å²) in [4.78, 5) is 2.85. The second-order valence-electron chi connectivity index (χ2n) is 8.49. The van der Waals surface area contributed by atoms with Gasteiger partial charge in [-0.05, 0) is 58.4 Å². The van der Waals surface area contributed by atoms with Gasteiger partial charge in [0.2, 0.25) is 0 Å². The monoisotopic (exact) mass is 337 g/mol. The largest absolute Gasteiger partial charge is 0.300 e. The molecule has 1 heterocycles. The van der Waals surface area contributed by atoms with E-state index < -0.39 is 0 Å². The average molecular weight is 338 g/mol. The van der Waals surface area contributed by atoms with Gasteiger partial charge in [-0.1, -0.05) is 51.4 Å². The molecule has 4 bridgehead atoms. The van der Waals surface area contributed by atoms with Crippen molar-refractivity contribution in [3.63, 3.8) is 0 Å². The van der Waals surface area contributed by atoms with E-state index in [1.165, 1.54) is 103 Å². The highest BCUT2D eigenvalue weighted by atomic mass is 32.2. The Balaban J connectivity index is 1.75. The lowest BCUT2D eigenvalue weighted by atomic mass is 9.91. The highest BCUT2D eigenvalue weighted by Gasteiger charge is 2.28. The van der Waals surface area contributed by atoms with Crippen LogP contribution in [0, 0.1) is 0 Å². The summed E-state index contributed by atoms with van der Waals surface area (Å²) in [5.41, 5.74) is 0. The Morgan fingerprint density at radius 3 is 1.43 bits per heavy atom. The summed E-state index contributed by atoms with van der Waals surface area (Å²) in [6, 6.07) is 1.75. The van der Waals surface area contributed by atoms with Crippen LogP contribution in [0.1, 0.15) is 103 Å². The van der Waals surface area contributed by atoms with Crippen LogP contribution in [0.4, 0.5) is 0 Å². The molecule has 134 valence electrons. The smallest absolute Gasteiger partial charge is 0.00955 e. The van der Waals surface area contributed by atoms with Crippen molar-refractivity contribution in [1.82, 2.24) is 4.90 Å². The van der Waals surface area contributed by atoms with Crippen molar-refractivity contribution in [1.29, 1.82) is 0 Å². The van der Waals surface area contributed by atoms with E-state index in [2.05, 4.69) is 23.7 Å². The van der Waals surface area contributed by atoms with Crippen molar-refractivity contribution in [2.75, 3.05) is 7.05 Å². The number of nitrogens with zero attached hydrogens (tertiary/aromatic N) is 1. The minimum atomic E-state index is 0.876. The van der Waals surface area contributed by atoms with Gasteiger partial charge in [-0.3, -0.25) is 0 Å². The molecule has 1 nitrogen and oxygen atoms in total. The molecule has 3 aliphatic rings.